The maximum absolute atomic E-state index is 13.8. The molecule has 0 unspecified atom stereocenters. The van der Waals surface area contributed by atoms with E-state index < -0.39 is 17.5 Å². The number of nitrogens with zero attached hydrogens (tertiary/aromatic N) is 1. The van der Waals surface area contributed by atoms with Gasteiger partial charge in [0, 0.05) is 18.3 Å². The van der Waals surface area contributed by atoms with Crippen LogP contribution in [0.15, 0.2) is 36.5 Å². The minimum atomic E-state index is -0.748. The van der Waals surface area contributed by atoms with Crippen molar-refractivity contribution in [1.82, 2.24) is 4.98 Å². The molecule has 0 fully saturated rings. The molecule has 2 aromatic rings. The van der Waals surface area contributed by atoms with Crippen molar-refractivity contribution in [2.24, 2.45) is 0 Å². The predicted molar refractivity (Wildman–Crippen MR) is 85.0 cm³/mol. The Balaban J connectivity index is 2.14. The molecule has 0 bridgehead atoms. The first kappa shape index (κ1) is 16.5. The first-order valence-electron chi connectivity index (χ1n) is 6.92. The van der Waals surface area contributed by atoms with Crippen LogP contribution in [-0.2, 0) is 4.74 Å². The van der Waals surface area contributed by atoms with Crippen LogP contribution < -0.4 is 15.8 Å². The fraction of sp³-hybridized carbons (Fsp3) is 0.250. The molecule has 0 saturated carbocycles. The first-order chi connectivity index (χ1) is 10.7. The Morgan fingerprint density at radius 1 is 1.22 bits per heavy atom. The third-order valence-electron chi connectivity index (χ3n) is 2.56. The summed E-state index contributed by atoms with van der Waals surface area (Å²) in [5, 5.41) is 2.35. The van der Waals surface area contributed by atoms with Gasteiger partial charge in [0.25, 0.3) is 0 Å². The van der Waals surface area contributed by atoms with Crippen LogP contribution in [0.2, 0.25) is 0 Å². The van der Waals surface area contributed by atoms with E-state index in [1.54, 1.807) is 26.8 Å². The number of ether oxygens (including phenoxy) is 2. The highest BCUT2D eigenvalue weighted by atomic mass is 19.1. The Bertz CT molecular complexity index is 714. The van der Waals surface area contributed by atoms with Crippen molar-refractivity contribution in [3.05, 3.63) is 42.3 Å². The Hall–Kier alpha value is -2.83. The van der Waals surface area contributed by atoms with Gasteiger partial charge in [-0.15, -0.1) is 0 Å². The molecule has 1 aromatic carbocycles. The first-order valence-corrected chi connectivity index (χ1v) is 6.92. The van der Waals surface area contributed by atoms with E-state index in [0.717, 1.165) is 0 Å². The minimum Gasteiger partial charge on any atom is -0.457 e. The number of aromatic nitrogens is 1. The van der Waals surface area contributed by atoms with Gasteiger partial charge in [-0.05, 0) is 39.0 Å². The quantitative estimate of drug-likeness (QED) is 0.894. The molecule has 23 heavy (non-hydrogen) atoms. The van der Waals surface area contributed by atoms with Gasteiger partial charge in [0.05, 0.1) is 5.69 Å². The number of nitrogens with two attached hydrogens (primary N) is 1. The maximum Gasteiger partial charge on any atom is 0.412 e. The van der Waals surface area contributed by atoms with Crippen LogP contribution in [0, 0.1) is 5.82 Å². The Morgan fingerprint density at radius 3 is 2.57 bits per heavy atom. The van der Waals surface area contributed by atoms with Crippen molar-refractivity contribution in [2.45, 2.75) is 26.4 Å². The zero-order chi connectivity index (χ0) is 17.0. The number of nitrogens with one attached hydrogen (secondary N) is 1. The van der Waals surface area contributed by atoms with Crippen molar-refractivity contribution in [2.75, 3.05) is 11.1 Å². The van der Waals surface area contributed by atoms with E-state index in [4.69, 9.17) is 15.2 Å². The number of rotatable bonds is 3. The molecule has 1 aromatic heterocycles. The van der Waals surface area contributed by atoms with Crippen LogP contribution >= 0.6 is 0 Å². The molecule has 6 nitrogen and oxygen atoms in total. The van der Waals surface area contributed by atoms with Crippen LogP contribution in [0.25, 0.3) is 0 Å². The lowest BCUT2D eigenvalue weighted by Crippen LogP contribution is -2.27. The van der Waals surface area contributed by atoms with Crippen LogP contribution in [0.4, 0.5) is 20.7 Å². The van der Waals surface area contributed by atoms with E-state index in [0.29, 0.717) is 17.3 Å². The zero-order valence-electron chi connectivity index (χ0n) is 13.1. The highest BCUT2D eigenvalue weighted by Gasteiger charge is 2.17. The smallest absolute Gasteiger partial charge is 0.412 e. The number of carbonyl (C=O) groups excluding carboxylic acids is 1. The largest absolute Gasteiger partial charge is 0.457 e. The highest BCUT2D eigenvalue weighted by Crippen LogP contribution is 2.27. The van der Waals surface area contributed by atoms with Crippen LogP contribution in [-0.4, -0.2) is 16.7 Å². The van der Waals surface area contributed by atoms with E-state index in [1.807, 2.05) is 0 Å². The van der Waals surface area contributed by atoms with Gasteiger partial charge in [0.15, 0.2) is 0 Å². The monoisotopic (exact) mass is 319 g/mol. The van der Waals surface area contributed by atoms with Crippen molar-refractivity contribution in [3.8, 4) is 11.5 Å². The van der Waals surface area contributed by atoms with E-state index in [1.165, 1.54) is 30.5 Å². The average Bonchev–Trinajstić information content (AvgIpc) is 2.40. The lowest BCUT2D eigenvalue weighted by Gasteiger charge is -2.20. The third-order valence-corrected chi connectivity index (χ3v) is 2.56. The van der Waals surface area contributed by atoms with E-state index in [-0.39, 0.29) is 5.69 Å². The van der Waals surface area contributed by atoms with Gasteiger partial charge in [-0.1, -0.05) is 0 Å². The molecule has 0 saturated heterocycles. The van der Waals surface area contributed by atoms with E-state index >= 15 is 0 Å². The number of amides is 1. The predicted octanol–water partition coefficient (Wildman–Crippen LogP) is 3.94. The number of benzene rings is 1. The highest BCUT2D eigenvalue weighted by molar-refractivity contribution is 5.85. The topological polar surface area (TPSA) is 86.5 Å². The molecule has 7 heteroatoms. The second kappa shape index (κ2) is 6.51. The van der Waals surface area contributed by atoms with Crippen molar-refractivity contribution >= 4 is 17.6 Å². The minimum absolute atomic E-state index is 0.0428. The van der Waals surface area contributed by atoms with Crippen molar-refractivity contribution in [3.63, 3.8) is 0 Å². The summed E-state index contributed by atoms with van der Waals surface area (Å²) < 4.78 is 24.5. The molecule has 1 amide bonds. The number of pyridine rings is 1. The third kappa shape index (κ3) is 5.14. The average molecular weight is 319 g/mol. The van der Waals surface area contributed by atoms with Crippen LogP contribution in [0.3, 0.4) is 0 Å². The van der Waals surface area contributed by atoms with Gasteiger partial charge in [-0.3, -0.25) is 5.32 Å². The Labute approximate surface area is 133 Å². The number of hydrogen-bond acceptors (Lipinski definition) is 5. The maximum atomic E-state index is 13.8. The van der Waals surface area contributed by atoms with Crippen molar-refractivity contribution < 1.29 is 18.7 Å². The molecule has 1 heterocycles. The lowest BCUT2D eigenvalue weighted by molar-refractivity contribution is 0.0635. The summed E-state index contributed by atoms with van der Waals surface area (Å²) in [7, 11) is 0. The molecule has 122 valence electrons. The standard InChI is InChI=1S/C16H18FN3O3/c1-16(2,3)23-15(21)20-13-8-10(4-5-12(13)17)22-11-6-7-19-14(18)9-11/h4-9H,1-3H3,(H2,18,19)(H,20,21). The lowest BCUT2D eigenvalue weighted by atomic mass is 10.2. The molecule has 0 radical (unpaired) electrons. The van der Waals surface area contributed by atoms with Gasteiger partial charge in [-0.2, -0.15) is 0 Å². The number of halogens is 1. The molecule has 0 aliphatic heterocycles. The second-order valence-electron chi connectivity index (χ2n) is 5.79. The summed E-state index contributed by atoms with van der Waals surface area (Å²) in [5.41, 5.74) is 4.85. The summed E-state index contributed by atoms with van der Waals surface area (Å²) in [6.07, 6.45) is 0.746. The van der Waals surface area contributed by atoms with Gasteiger partial charge < -0.3 is 15.2 Å². The normalized spacial score (nSPS) is 11.0. The summed E-state index contributed by atoms with van der Waals surface area (Å²) in [5.74, 6) is 0.490. The molecule has 2 rings (SSSR count). The van der Waals surface area contributed by atoms with Gasteiger partial charge >= 0.3 is 6.09 Å². The number of hydrogen-bond donors (Lipinski definition) is 2. The van der Waals surface area contributed by atoms with Gasteiger partial charge in [0.2, 0.25) is 0 Å². The molecule has 3 N–H and O–H groups in total. The summed E-state index contributed by atoms with van der Waals surface area (Å²) in [6.45, 7) is 5.16. The SMILES string of the molecule is CC(C)(C)OC(=O)Nc1cc(Oc2ccnc(N)c2)ccc1F. The van der Waals surface area contributed by atoms with E-state index in [2.05, 4.69) is 10.3 Å². The number of anilines is 2. The number of nitrogen functional groups attached to an aromatic ring is 1. The number of carbonyl (C=O) groups is 1. The fourth-order valence-electron chi connectivity index (χ4n) is 1.70. The molecular formula is C16H18FN3O3. The molecule has 0 spiro atoms. The summed E-state index contributed by atoms with van der Waals surface area (Å²) in [4.78, 5) is 15.6. The van der Waals surface area contributed by atoms with Crippen molar-refractivity contribution in [1.29, 1.82) is 0 Å². The van der Waals surface area contributed by atoms with Crippen LogP contribution in [0.1, 0.15) is 20.8 Å². The molecule has 0 aliphatic rings. The Morgan fingerprint density at radius 2 is 1.91 bits per heavy atom. The molecule has 0 aliphatic carbocycles. The second-order valence-corrected chi connectivity index (χ2v) is 5.79. The summed E-state index contributed by atoms with van der Waals surface area (Å²) >= 11 is 0. The summed E-state index contributed by atoms with van der Waals surface area (Å²) in [6, 6.07) is 7.12. The van der Waals surface area contributed by atoms with Gasteiger partial charge in [-0.25, -0.2) is 14.2 Å². The molecular weight excluding hydrogens is 301 g/mol. The fourth-order valence-corrected chi connectivity index (χ4v) is 1.70. The Kier molecular flexibility index (Phi) is 4.68. The zero-order valence-corrected chi connectivity index (χ0v) is 13.1. The van der Waals surface area contributed by atoms with Gasteiger partial charge in [0.1, 0.15) is 28.7 Å². The molecule has 0 atom stereocenters. The van der Waals surface area contributed by atoms with Crippen LogP contribution in [0.5, 0.6) is 11.5 Å². The van der Waals surface area contributed by atoms with E-state index in [9.17, 15) is 9.18 Å².